The van der Waals surface area contributed by atoms with Gasteiger partial charge in [0.25, 0.3) is 6.23 Å². The van der Waals surface area contributed by atoms with Gasteiger partial charge in [-0.2, -0.15) is 4.57 Å². The minimum atomic E-state index is 0.232. The lowest BCUT2D eigenvalue weighted by molar-refractivity contribution is -0.762. The molecule has 0 aliphatic carbocycles. The molecule has 0 saturated carbocycles. The molecule has 2 heterocycles. The predicted molar refractivity (Wildman–Crippen MR) is 58.7 cm³/mol. The van der Waals surface area contributed by atoms with Gasteiger partial charge in [-0.1, -0.05) is 28.7 Å². The van der Waals surface area contributed by atoms with E-state index in [1.807, 2.05) is 18.2 Å². The number of ether oxygens (including phenoxy) is 1. The van der Waals surface area contributed by atoms with Crippen molar-refractivity contribution in [2.75, 3.05) is 6.61 Å². The fourth-order valence-corrected chi connectivity index (χ4v) is 2.60. The third kappa shape index (κ3) is 2.20. The SMILES string of the molecule is IC1CCCOC1[n+]1ccccc1. The van der Waals surface area contributed by atoms with Crippen LogP contribution in [0, 0.1) is 0 Å². The zero-order valence-electron chi connectivity index (χ0n) is 7.40. The normalized spacial score (nSPS) is 28.7. The maximum absolute atomic E-state index is 5.73. The number of hydrogen-bond acceptors (Lipinski definition) is 1. The summed E-state index contributed by atoms with van der Waals surface area (Å²) in [4.78, 5) is 0. The maximum Gasteiger partial charge on any atom is 0.274 e. The van der Waals surface area contributed by atoms with Gasteiger partial charge in [-0.15, -0.1) is 0 Å². The molecule has 0 bridgehead atoms. The molecule has 2 unspecified atom stereocenters. The van der Waals surface area contributed by atoms with E-state index in [0.29, 0.717) is 3.92 Å². The highest BCUT2D eigenvalue weighted by atomic mass is 127. The van der Waals surface area contributed by atoms with Crippen molar-refractivity contribution in [2.24, 2.45) is 0 Å². The minimum absolute atomic E-state index is 0.232. The van der Waals surface area contributed by atoms with Crippen molar-refractivity contribution in [3.63, 3.8) is 0 Å². The Hall–Kier alpha value is -0.160. The van der Waals surface area contributed by atoms with Gasteiger partial charge in [-0.05, 0) is 12.8 Å². The summed E-state index contributed by atoms with van der Waals surface area (Å²) in [5.74, 6) is 0. The Morgan fingerprint density at radius 1 is 1.23 bits per heavy atom. The Kier molecular flexibility index (Phi) is 3.16. The van der Waals surface area contributed by atoms with Crippen molar-refractivity contribution in [1.29, 1.82) is 0 Å². The molecule has 2 nitrogen and oxygen atoms in total. The third-order valence-corrected chi connectivity index (χ3v) is 3.49. The summed E-state index contributed by atoms with van der Waals surface area (Å²) in [6.45, 7) is 0.895. The number of pyridine rings is 1. The average Bonchev–Trinajstić information content (AvgIpc) is 2.20. The van der Waals surface area contributed by atoms with E-state index < -0.39 is 0 Å². The zero-order valence-corrected chi connectivity index (χ0v) is 9.55. The lowest BCUT2D eigenvalue weighted by atomic mass is 10.2. The fourth-order valence-electron chi connectivity index (χ4n) is 1.58. The summed E-state index contributed by atoms with van der Waals surface area (Å²) >= 11 is 2.48. The summed E-state index contributed by atoms with van der Waals surface area (Å²) < 4.78 is 8.48. The largest absolute Gasteiger partial charge is 0.320 e. The van der Waals surface area contributed by atoms with Gasteiger partial charge in [0.2, 0.25) is 0 Å². The van der Waals surface area contributed by atoms with Crippen LogP contribution in [0.2, 0.25) is 0 Å². The number of nitrogens with zero attached hydrogens (tertiary/aromatic N) is 1. The van der Waals surface area contributed by atoms with Crippen LogP contribution < -0.4 is 4.57 Å². The van der Waals surface area contributed by atoms with Gasteiger partial charge < -0.3 is 4.74 Å². The van der Waals surface area contributed by atoms with Crippen molar-refractivity contribution < 1.29 is 9.30 Å². The first kappa shape index (κ1) is 9.40. The monoisotopic (exact) mass is 290 g/mol. The first-order valence-electron chi connectivity index (χ1n) is 4.59. The van der Waals surface area contributed by atoms with Crippen LogP contribution in [-0.4, -0.2) is 10.5 Å². The molecular formula is C10H13INO+. The van der Waals surface area contributed by atoms with E-state index in [1.165, 1.54) is 12.8 Å². The lowest BCUT2D eigenvalue weighted by Gasteiger charge is -2.22. The van der Waals surface area contributed by atoms with Crippen LogP contribution in [0.3, 0.4) is 0 Å². The Labute approximate surface area is 92.1 Å². The quantitative estimate of drug-likeness (QED) is 0.438. The molecule has 0 spiro atoms. The number of aromatic nitrogens is 1. The molecule has 1 aromatic rings. The van der Waals surface area contributed by atoms with Gasteiger partial charge in [0.1, 0.15) is 3.92 Å². The highest BCUT2D eigenvalue weighted by molar-refractivity contribution is 14.1. The zero-order chi connectivity index (χ0) is 9.10. The van der Waals surface area contributed by atoms with Gasteiger partial charge in [0.05, 0.1) is 6.61 Å². The Balaban J connectivity index is 2.15. The Bertz CT molecular complexity index is 265. The molecule has 1 aliphatic heterocycles. The summed E-state index contributed by atoms with van der Waals surface area (Å²) in [5.41, 5.74) is 0. The highest BCUT2D eigenvalue weighted by Crippen LogP contribution is 2.25. The first-order valence-corrected chi connectivity index (χ1v) is 5.84. The van der Waals surface area contributed by atoms with Crippen LogP contribution >= 0.6 is 22.6 Å². The second-order valence-electron chi connectivity index (χ2n) is 3.24. The summed E-state index contributed by atoms with van der Waals surface area (Å²) in [6, 6.07) is 6.12. The molecule has 2 rings (SSSR count). The predicted octanol–water partition coefficient (Wildman–Crippen LogP) is 2.09. The molecular weight excluding hydrogens is 277 g/mol. The van der Waals surface area contributed by atoms with E-state index in [2.05, 4.69) is 39.6 Å². The Morgan fingerprint density at radius 2 is 2.00 bits per heavy atom. The molecule has 13 heavy (non-hydrogen) atoms. The van der Waals surface area contributed by atoms with E-state index in [4.69, 9.17) is 4.74 Å². The number of halogens is 1. The van der Waals surface area contributed by atoms with Crippen LogP contribution in [0.4, 0.5) is 0 Å². The Morgan fingerprint density at radius 3 is 2.69 bits per heavy atom. The highest BCUT2D eigenvalue weighted by Gasteiger charge is 2.30. The standard InChI is InChI=1S/C10H13INO/c11-9-5-4-8-13-10(9)12-6-2-1-3-7-12/h1-3,6-7,9-10H,4-5,8H2/q+1. The number of hydrogen-bond donors (Lipinski definition) is 0. The van der Waals surface area contributed by atoms with Gasteiger partial charge in [0, 0.05) is 12.1 Å². The van der Waals surface area contributed by atoms with Gasteiger partial charge in [0.15, 0.2) is 12.4 Å². The molecule has 70 valence electrons. The van der Waals surface area contributed by atoms with Crippen molar-refractivity contribution >= 4 is 22.6 Å². The molecule has 2 atom stereocenters. The van der Waals surface area contributed by atoms with Gasteiger partial charge in [-0.3, -0.25) is 0 Å². The van der Waals surface area contributed by atoms with Crippen LogP contribution in [0.15, 0.2) is 30.6 Å². The van der Waals surface area contributed by atoms with Crippen LogP contribution in [0.5, 0.6) is 0 Å². The second-order valence-corrected chi connectivity index (χ2v) is 4.84. The van der Waals surface area contributed by atoms with Crippen LogP contribution in [-0.2, 0) is 4.74 Å². The van der Waals surface area contributed by atoms with E-state index in [0.717, 1.165) is 6.61 Å². The van der Waals surface area contributed by atoms with E-state index in [-0.39, 0.29) is 6.23 Å². The first-order chi connectivity index (χ1) is 6.38. The molecule has 1 aromatic heterocycles. The summed E-state index contributed by atoms with van der Waals surface area (Å²) in [5, 5.41) is 0. The molecule has 0 N–H and O–H groups in total. The van der Waals surface area contributed by atoms with Crippen molar-refractivity contribution in [2.45, 2.75) is 23.0 Å². The smallest absolute Gasteiger partial charge is 0.274 e. The second kappa shape index (κ2) is 4.37. The van der Waals surface area contributed by atoms with Crippen molar-refractivity contribution in [1.82, 2.24) is 0 Å². The van der Waals surface area contributed by atoms with Gasteiger partial charge in [-0.25, -0.2) is 0 Å². The van der Waals surface area contributed by atoms with Gasteiger partial charge >= 0.3 is 0 Å². The van der Waals surface area contributed by atoms with E-state index in [1.54, 1.807) is 0 Å². The minimum Gasteiger partial charge on any atom is -0.320 e. The molecule has 0 radical (unpaired) electrons. The number of alkyl halides is 1. The third-order valence-electron chi connectivity index (χ3n) is 2.25. The van der Waals surface area contributed by atoms with Crippen LogP contribution in [0.25, 0.3) is 0 Å². The maximum atomic E-state index is 5.73. The van der Waals surface area contributed by atoms with Crippen molar-refractivity contribution in [3.8, 4) is 0 Å². The molecule has 1 saturated heterocycles. The molecule has 1 aliphatic rings. The number of rotatable bonds is 1. The van der Waals surface area contributed by atoms with E-state index in [9.17, 15) is 0 Å². The topological polar surface area (TPSA) is 13.1 Å². The fraction of sp³-hybridized carbons (Fsp3) is 0.500. The van der Waals surface area contributed by atoms with Crippen molar-refractivity contribution in [3.05, 3.63) is 30.6 Å². The summed E-state index contributed by atoms with van der Waals surface area (Å²) in [7, 11) is 0. The average molecular weight is 290 g/mol. The lowest BCUT2D eigenvalue weighted by Crippen LogP contribution is -2.46. The van der Waals surface area contributed by atoms with Crippen LogP contribution in [0.1, 0.15) is 19.1 Å². The molecule has 0 amide bonds. The van der Waals surface area contributed by atoms with E-state index >= 15 is 0 Å². The summed E-state index contributed by atoms with van der Waals surface area (Å²) in [6.07, 6.45) is 6.82. The molecule has 1 fully saturated rings. The molecule has 0 aromatic carbocycles. The molecule has 3 heteroatoms.